The lowest BCUT2D eigenvalue weighted by molar-refractivity contribution is -0.274. The lowest BCUT2D eigenvalue weighted by Gasteiger charge is -2.11. The average molecular weight is 289 g/mol. The predicted molar refractivity (Wildman–Crippen MR) is 61.8 cm³/mol. The molecule has 0 N–H and O–H groups in total. The SMILES string of the molecule is COC(=O)[C@H](Cc1ccc(OC(F)(F)F)cc1)N=[N+]=[N-]. The van der Waals surface area contributed by atoms with Crippen molar-refractivity contribution in [3.8, 4) is 5.75 Å². The molecule has 0 aromatic heterocycles. The van der Waals surface area contributed by atoms with Gasteiger partial charge in [-0.2, -0.15) is 0 Å². The summed E-state index contributed by atoms with van der Waals surface area (Å²) in [6.07, 6.45) is -4.75. The smallest absolute Gasteiger partial charge is 0.469 e. The number of ether oxygens (including phenoxy) is 2. The highest BCUT2D eigenvalue weighted by Gasteiger charge is 2.31. The summed E-state index contributed by atoms with van der Waals surface area (Å²) < 4.78 is 44.1. The van der Waals surface area contributed by atoms with Crippen LogP contribution >= 0.6 is 0 Å². The zero-order chi connectivity index (χ0) is 15.2. The van der Waals surface area contributed by atoms with Gasteiger partial charge in [0, 0.05) is 4.91 Å². The van der Waals surface area contributed by atoms with Gasteiger partial charge in [-0.15, -0.1) is 13.2 Å². The Kier molecular flexibility index (Phi) is 5.22. The highest BCUT2D eigenvalue weighted by molar-refractivity contribution is 5.76. The fourth-order valence-corrected chi connectivity index (χ4v) is 1.42. The predicted octanol–water partition coefficient (Wildman–Crippen LogP) is 2.98. The number of azide groups is 1. The molecule has 0 radical (unpaired) electrons. The molecule has 108 valence electrons. The van der Waals surface area contributed by atoms with E-state index in [1.54, 1.807) is 0 Å². The standard InChI is InChI=1S/C11H10F3N3O3/c1-19-10(18)9(16-17-15)6-7-2-4-8(5-3-7)20-11(12,13)14/h2-5,9H,6H2,1H3/t9-/m0/s1. The topological polar surface area (TPSA) is 84.3 Å². The number of esters is 1. The van der Waals surface area contributed by atoms with Gasteiger partial charge in [0.1, 0.15) is 11.8 Å². The summed E-state index contributed by atoms with van der Waals surface area (Å²) in [6.45, 7) is 0. The highest BCUT2D eigenvalue weighted by Crippen LogP contribution is 2.23. The fraction of sp³-hybridized carbons (Fsp3) is 0.364. The number of nitrogens with zero attached hydrogens (tertiary/aromatic N) is 3. The van der Waals surface area contributed by atoms with Crippen LogP contribution < -0.4 is 4.74 Å². The molecule has 0 saturated heterocycles. The summed E-state index contributed by atoms with van der Waals surface area (Å²) >= 11 is 0. The third-order valence-electron chi connectivity index (χ3n) is 2.25. The van der Waals surface area contributed by atoms with Crippen LogP contribution in [0.4, 0.5) is 13.2 Å². The molecule has 0 heterocycles. The number of alkyl halides is 3. The minimum Gasteiger partial charge on any atom is -0.469 e. The minimum absolute atomic E-state index is 0.0169. The van der Waals surface area contributed by atoms with E-state index in [1.807, 2.05) is 0 Å². The number of rotatable bonds is 5. The Hall–Kier alpha value is -2.41. The molecule has 0 bridgehead atoms. The summed E-state index contributed by atoms with van der Waals surface area (Å²) in [5, 5.41) is 3.27. The second kappa shape index (κ2) is 6.67. The number of hydrogen-bond donors (Lipinski definition) is 0. The van der Waals surface area contributed by atoms with Crippen LogP contribution in [0.5, 0.6) is 5.75 Å². The molecule has 0 aliphatic rings. The summed E-state index contributed by atoms with van der Waals surface area (Å²) in [5.74, 6) is -1.10. The van der Waals surface area contributed by atoms with Crippen LogP contribution in [0.2, 0.25) is 0 Å². The molecule has 0 fully saturated rings. The van der Waals surface area contributed by atoms with Gasteiger partial charge in [-0.05, 0) is 29.6 Å². The molecule has 0 unspecified atom stereocenters. The van der Waals surface area contributed by atoms with E-state index in [0.717, 1.165) is 19.2 Å². The molecule has 0 aliphatic carbocycles. The van der Waals surface area contributed by atoms with Crippen LogP contribution in [0.15, 0.2) is 29.4 Å². The van der Waals surface area contributed by atoms with E-state index in [9.17, 15) is 18.0 Å². The Morgan fingerprint density at radius 2 is 2.00 bits per heavy atom. The molecule has 1 aromatic rings. The van der Waals surface area contributed by atoms with Gasteiger partial charge in [0.15, 0.2) is 0 Å². The number of carbonyl (C=O) groups excluding carboxylic acids is 1. The van der Waals surface area contributed by atoms with Crippen molar-refractivity contribution in [1.82, 2.24) is 0 Å². The largest absolute Gasteiger partial charge is 0.573 e. The number of methoxy groups -OCH3 is 1. The van der Waals surface area contributed by atoms with Gasteiger partial charge in [-0.3, -0.25) is 4.79 Å². The second-order valence-electron chi connectivity index (χ2n) is 3.64. The van der Waals surface area contributed by atoms with Gasteiger partial charge in [-0.1, -0.05) is 17.2 Å². The summed E-state index contributed by atoms with van der Waals surface area (Å²) in [5.41, 5.74) is 8.84. The Morgan fingerprint density at radius 3 is 2.45 bits per heavy atom. The van der Waals surface area contributed by atoms with E-state index in [-0.39, 0.29) is 12.2 Å². The first-order valence-electron chi connectivity index (χ1n) is 5.32. The van der Waals surface area contributed by atoms with Crippen molar-refractivity contribution in [1.29, 1.82) is 0 Å². The molecular formula is C11H10F3N3O3. The zero-order valence-corrected chi connectivity index (χ0v) is 10.3. The van der Waals surface area contributed by atoms with Crippen molar-refractivity contribution < 1.29 is 27.4 Å². The molecule has 0 saturated carbocycles. The van der Waals surface area contributed by atoms with Crippen LogP contribution in [0.1, 0.15) is 5.56 Å². The van der Waals surface area contributed by atoms with E-state index in [2.05, 4.69) is 19.5 Å². The van der Waals surface area contributed by atoms with Crippen molar-refractivity contribution in [3.63, 3.8) is 0 Å². The maximum absolute atomic E-state index is 12.0. The fourth-order valence-electron chi connectivity index (χ4n) is 1.42. The van der Waals surface area contributed by atoms with Crippen molar-refractivity contribution >= 4 is 5.97 Å². The van der Waals surface area contributed by atoms with Crippen LogP contribution in [0, 0.1) is 0 Å². The van der Waals surface area contributed by atoms with Crippen molar-refractivity contribution in [2.45, 2.75) is 18.8 Å². The molecule has 1 aromatic carbocycles. The molecule has 20 heavy (non-hydrogen) atoms. The van der Waals surface area contributed by atoms with Crippen LogP contribution in [0.25, 0.3) is 10.4 Å². The van der Waals surface area contributed by atoms with Gasteiger partial charge >= 0.3 is 12.3 Å². The molecule has 1 rings (SSSR count). The van der Waals surface area contributed by atoms with Gasteiger partial charge in [0.05, 0.1) is 7.11 Å². The van der Waals surface area contributed by atoms with Crippen LogP contribution in [0.3, 0.4) is 0 Å². The Morgan fingerprint density at radius 1 is 1.40 bits per heavy atom. The van der Waals surface area contributed by atoms with E-state index < -0.39 is 18.4 Å². The van der Waals surface area contributed by atoms with Crippen molar-refractivity contribution in [3.05, 3.63) is 40.3 Å². The average Bonchev–Trinajstić information content (AvgIpc) is 2.38. The number of hydrogen-bond acceptors (Lipinski definition) is 4. The molecular weight excluding hydrogens is 279 g/mol. The molecule has 0 amide bonds. The molecule has 9 heteroatoms. The Balaban J connectivity index is 2.77. The van der Waals surface area contributed by atoms with Crippen LogP contribution in [-0.2, 0) is 16.0 Å². The first kappa shape index (κ1) is 15.6. The Bertz CT molecular complexity index is 510. The monoisotopic (exact) mass is 289 g/mol. The third kappa shape index (κ3) is 5.07. The lowest BCUT2D eigenvalue weighted by Crippen LogP contribution is -2.22. The van der Waals surface area contributed by atoms with Gasteiger partial charge in [0.2, 0.25) is 0 Å². The molecule has 0 aliphatic heterocycles. The summed E-state index contributed by atoms with van der Waals surface area (Å²) in [7, 11) is 1.14. The minimum atomic E-state index is -4.76. The van der Waals surface area contributed by atoms with E-state index in [4.69, 9.17) is 5.53 Å². The van der Waals surface area contributed by atoms with Gasteiger partial charge in [-0.25, -0.2) is 0 Å². The number of benzene rings is 1. The second-order valence-corrected chi connectivity index (χ2v) is 3.64. The number of halogens is 3. The first-order chi connectivity index (χ1) is 9.35. The maximum Gasteiger partial charge on any atom is 0.573 e. The summed E-state index contributed by atoms with van der Waals surface area (Å²) in [6, 6.07) is 3.81. The van der Waals surface area contributed by atoms with E-state index in [0.29, 0.717) is 5.56 Å². The molecule has 0 spiro atoms. The third-order valence-corrected chi connectivity index (χ3v) is 2.25. The van der Waals surface area contributed by atoms with Gasteiger partial charge < -0.3 is 9.47 Å². The van der Waals surface area contributed by atoms with E-state index in [1.165, 1.54) is 12.1 Å². The number of carbonyl (C=O) groups is 1. The van der Waals surface area contributed by atoms with Gasteiger partial charge in [0.25, 0.3) is 0 Å². The van der Waals surface area contributed by atoms with E-state index >= 15 is 0 Å². The molecule has 1 atom stereocenters. The maximum atomic E-state index is 12.0. The van der Waals surface area contributed by atoms with Crippen LogP contribution in [-0.4, -0.2) is 25.5 Å². The first-order valence-corrected chi connectivity index (χ1v) is 5.32. The quantitative estimate of drug-likeness (QED) is 0.361. The normalized spacial score (nSPS) is 12.2. The van der Waals surface area contributed by atoms with Crippen molar-refractivity contribution in [2.24, 2.45) is 5.11 Å². The lowest BCUT2D eigenvalue weighted by atomic mass is 10.1. The Labute approximate surface area is 111 Å². The molecule has 6 nitrogen and oxygen atoms in total. The van der Waals surface area contributed by atoms with Crippen molar-refractivity contribution in [2.75, 3.05) is 7.11 Å². The summed E-state index contributed by atoms with van der Waals surface area (Å²) in [4.78, 5) is 13.8. The zero-order valence-electron chi connectivity index (χ0n) is 10.3. The highest BCUT2D eigenvalue weighted by atomic mass is 19.4.